The van der Waals surface area contributed by atoms with Crippen LogP contribution in [0.15, 0.2) is 28.8 Å². The number of hydrogen-bond acceptors (Lipinski definition) is 6. The Morgan fingerprint density at radius 1 is 1.30 bits per heavy atom. The number of hydrogen-bond donors (Lipinski definition) is 1. The molecular weight excluding hydrogens is 344 g/mol. The molecule has 0 spiro atoms. The molecule has 1 aromatic heterocycles. The number of carbonyl (C=O) groups is 1. The largest absolute Gasteiger partial charge is 0.477 e. The summed E-state index contributed by atoms with van der Waals surface area (Å²) in [5.41, 5.74) is 0.946. The van der Waals surface area contributed by atoms with Crippen LogP contribution in [-0.2, 0) is 11.3 Å². The summed E-state index contributed by atoms with van der Waals surface area (Å²) in [6.45, 7) is 5.10. The second-order valence-corrected chi connectivity index (χ2v) is 7.30. The molecule has 1 aromatic carbocycles. The number of nitrogens with zero attached hydrogens (tertiary/aromatic N) is 3. The van der Waals surface area contributed by atoms with Gasteiger partial charge in [0.05, 0.1) is 18.8 Å². The molecule has 1 aliphatic heterocycles. The lowest BCUT2D eigenvalue weighted by atomic mass is 10.1. The highest BCUT2D eigenvalue weighted by molar-refractivity contribution is 5.83. The number of amides is 1. The van der Waals surface area contributed by atoms with Gasteiger partial charge in [0.15, 0.2) is 11.9 Å². The van der Waals surface area contributed by atoms with Crippen molar-refractivity contribution in [1.82, 2.24) is 15.5 Å². The zero-order valence-electron chi connectivity index (χ0n) is 15.9. The molecule has 0 unspecified atom stereocenters. The lowest BCUT2D eigenvalue weighted by Gasteiger charge is -2.35. The van der Waals surface area contributed by atoms with E-state index in [1.165, 1.54) is 0 Å². The van der Waals surface area contributed by atoms with Crippen LogP contribution in [0.4, 0.5) is 5.69 Å². The Morgan fingerprint density at radius 2 is 2.07 bits per heavy atom. The van der Waals surface area contributed by atoms with Crippen molar-refractivity contribution < 1.29 is 14.1 Å². The number of rotatable bonds is 7. The molecule has 7 nitrogen and oxygen atoms in total. The molecule has 144 valence electrons. The van der Waals surface area contributed by atoms with Gasteiger partial charge in [0, 0.05) is 12.0 Å². The van der Waals surface area contributed by atoms with E-state index < -0.39 is 6.10 Å². The van der Waals surface area contributed by atoms with Crippen LogP contribution in [0.5, 0.6) is 5.75 Å². The highest BCUT2D eigenvalue weighted by Crippen LogP contribution is 2.39. The van der Waals surface area contributed by atoms with Gasteiger partial charge in [-0.15, -0.1) is 0 Å². The maximum absolute atomic E-state index is 12.7. The topological polar surface area (TPSA) is 80.5 Å². The summed E-state index contributed by atoms with van der Waals surface area (Å²) in [5.74, 6) is 2.44. The molecule has 1 atom stereocenters. The first kappa shape index (κ1) is 17.8. The number of anilines is 1. The van der Waals surface area contributed by atoms with E-state index in [4.69, 9.17) is 9.26 Å². The van der Waals surface area contributed by atoms with Crippen LogP contribution in [0.3, 0.4) is 0 Å². The summed E-state index contributed by atoms with van der Waals surface area (Å²) < 4.78 is 11.4. The van der Waals surface area contributed by atoms with Gasteiger partial charge in [0.1, 0.15) is 5.75 Å². The molecule has 1 fully saturated rings. The molecule has 1 N–H and O–H groups in total. The molecule has 0 saturated heterocycles. The number of ether oxygens (including phenoxy) is 1. The summed E-state index contributed by atoms with van der Waals surface area (Å²) in [5, 5.41) is 7.21. The van der Waals surface area contributed by atoms with Crippen LogP contribution in [0, 0.1) is 0 Å². The van der Waals surface area contributed by atoms with Gasteiger partial charge >= 0.3 is 0 Å². The second-order valence-electron chi connectivity index (χ2n) is 7.30. The van der Waals surface area contributed by atoms with Crippen LogP contribution in [0.2, 0.25) is 0 Å². The van der Waals surface area contributed by atoms with Gasteiger partial charge in [-0.05, 0) is 37.8 Å². The van der Waals surface area contributed by atoms with Crippen molar-refractivity contribution in [2.75, 3.05) is 11.4 Å². The number of para-hydroxylation sites is 2. The molecule has 2 aliphatic rings. The SMILES string of the molecule is CCC(CC)NC(=O)[C@H]1CN(Cc2noc(C3CC3)n2)c2ccccc2O1. The number of benzene rings is 1. The zero-order chi connectivity index (χ0) is 18.8. The maximum atomic E-state index is 12.7. The summed E-state index contributed by atoms with van der Waals surface area (Å²) in [6.07, 6.45) is 3.50. The zero-order valence-corrected chi connectivity index (χ0v) is 15.9. The van der Waals surface area contributed by atoms with Crippen molar-refractivity contribution >= 4 is 11.6 Å². The van der Waals surface area contributed by atoms with Gasteiger partial charge in [-0.2, -0.15) is 4.98 Å². The van der Waals surface area contributed by atoms with E-state index in [1.54, 1.807) is 0 Å². The number of nitrogens with one attached hydrogen (secondary N) is 1. The molecule has 1 aliphatic carbocycles. The highest BCUT2D eigenvalue weighted by atomic mass is 16.5. The molecule has 1 saturated carbocycles. The molecule has 0 bridgehead atoms. The molecule has 27 heavy (non-hydrogen) atoms. The van der Waals surface area contributed by atoms with E-state index in [9.17, 15) is 4.79 Å². The second kappa shape index (κ2) is 7.58. The fourth-order valence-corrected chi connectivity index (χ4v) is 3.38. The number of aromatic nitrogens is 2. The molecule has 0 radical (unpaired) electrons. The summed E-state index contributed by atoms with van der Waals surface area (Å²) in [6, 6.07) is 7.94. The van der Waals surface area contributed by atoms with Gasteiger partial charge in [-0.3, -0.25) is 4.79 Å². The summed E-state index contributed by atoms with van der Waals surface area (Å²) >= 11 is 0. The Kier molecular flexibility index (Phi) is 5.01. The van der Waals surface area contributed by atoms with E-state index in [1.807, 2.05) is 24.3 Å². The first-order chi connectivity index (χ1) is 13.2. The van der Waals surface area contributed by atoms with Crippen molar-refractivity contribution in [2.24, 2.45) is 0 Å². The predicted molar refractivity (Wildman–Crippen MR) is 101 cm³/mol. The van der Waals surface area contributed by atoms with Crippen molar-refractivity contribution in [1.29, 1.82) is 0 Å². The molecular formula is C20H26N4O3. The third-order valence-electron chi connectivity index (χ3n) is 5.23. The first-order valence-corrected chi connectivity index (χ1v) is 9.81. The minimum Gasteiger partial charge on any atom is -0.477 e. The average Bonchev–Trinajstić information content (AvgIpc) is 3.45. The van der Waals surface area contributed by atoms with E-state index >= 15 is 0 Å². The Balaban J connectivity index is 1.51. The molecule has 7 heteroatoms. The van der Waals surface area contributed by atoms with Crippen LogP contribution in [-0.4, -0.2) is 34.7 Å². The molecule has 2 heterocycles. The van der Waals surface area contributed by atoms with Crippen LogP contribution >= 0.6 is 0 Å². The van der Waals surface area contributed by atoms with E-state index in [0.29, 0.717) is 30.6 Å². The van der Waals surface area contributed by atoms with Crippen molar-refractivity contribution in [3.8, 4) is 5.75 Å². The van der Waals surface area contributed by atoms with Crippen LogP contribution in [0.25, 0.3) is 0 Å². The van der Waals surface area contributed by atoms with Gasteiger partial charge in [-0.1, -0.05) is 31.1 Å². The Labute approximate surface area is 159 Å². The smallest absolute Gasteiger partial charge is 0.263 e. The van der Waals surface area contributed by atoms with E-state index in [2.05, 4.69) is 34.2 Å². The van der Waals surface area contributed by atoms with E-state index in [0.717, 1.165) is 37.3 Å². The number of fused-ring (bicyclic) bond motifs is 1. The Hall–Kier alpha value is -2.57. The van der Waals surface area contributed by atoms with Gasteiger partial charge < -0.3 is 19.5 Å². The standard InChI is InChI=1S/C20H26N4O3/c1-3-14(4-2)21-19(25)17-11-24(15-7-5-6-8-16(15)26-17)12-18-22-20(27-23-18)13-9-10-13/h5-8,13-14,17H,3-4,9-12H2,1-2H3,(H,21,25)/t17-/m1/s1. The van der Waals surface area contributed by atoms with Crippen molar-refractivity contribution in [3.05, 3.63) is 36.0 Å². The van der Waals surface area contributed by atoms with Gasteiger partial charge in [-0.25, -0.2) is 0 Å². The third-order valence-corrected chi connectivity index (χ3v) is 5.23. The predicted octanol–water partition coefficient (Wildman–Crippen LogP) is 3.02. The third kappa shape index (κ3) is 3.91. The van der Waals surface area contributed by atoms with Gasteiger partial charge in [0.2, 0.25) is 5.89 Å². The summed E-state index contributed by atoms with van der Waals surface area (Å²) in [4.78, 5) is 19.3. The minimum atomic E-state index is -0.560. The maximum Gasteiger partial charge on any atom is 0.263 e. The molecule has 2 aromatic rings. The lowest BCUT2D eigenvalue weighted by molar-refractivity contribution is -0.128. The normalized spacial score (nSPS) is 18.9. The monoisotopic (exact) mass is 370 g/mol. The average molecular weight is 370 g/mol. The van der Waals surface area contributed by atoms with Crippen molar-refractivity contribution in [2.45, 2.75) is 64.1 Å². The number of carbonyl (C=O) groups excluding carboxylic acids is 1. The molecule has 1 amide bonds. The Morgan fingerprint density at radius 3 is 2.81 bits per heavy atom. The fourth-order valence-electron chi connectivity index (χ4n) is 3.38. The highest BCUT2D eigenvalue weighted by Gasteiger charge is 2.33. The lowest BCUT2D eigenvalue weighted by Crippen LogP contribution is -2.51. The van der Waals surface area contributed by atoms with E-state index in [-0.39, 0.29) is 11.9 Å². The fraction of sp³-hybridized carbons (Fsp3) is 0.550. The quantitative estimate of drug-likeness (QED) is 0.807. The van der Waals surface area contributed by atoms with Gasteiger partial charge in [0.25, 0.3) is 5.91 Å². The van der Waals surface area contributed by atoms with Crippen molar-refractivity contribution in [3.63, 3.8) is 0 Å². The minimum absolute atomic E-state index is 0.0741. The van der Waals surface area contributed by atoms with Crippen LogP contribution < -0.4 is 15.0 Å². The van der Waals surface area contributed by atoms with Crippen LogP contribution in [0.1, 0.15) is 57.2 Å². The first-order valence-electron chi connectivity index (χ1n) is 9.81. The molecule has 4 rings (SSSR count). The Bertz CT molecular complexity index is 798. The summed E-state index contributed by atoms with van der Waals surface area (Å²) in [7, 11) is 0.